The third-order valence-electron chi connectivity index (χ3n) is 4.85. The summed E-state index contributed by atoms with van der Waals surface area (Å²) in [6, 6.07) is 14.6. The highest BCUT2D eigenvalue weighted by molar-refractivity contribution is 5.24. The van der Waals surface area contributed by atoms with Crippen molar-refractivity contribution in [3.05, 3.63) is 54.2 Å². The summed E-state index contributed by atoms with van der Waals surface area (Å²) in [7, 11) is 1.65. The van der Waals surface area contributed by atoms with Crippen LogP contribution in [0.3, 0.4) is 0 Å². The second-order valence-electron chi connectivity index (χ2n) is 6.55. The van der Waals surface area contributed by atoms with Crippen LogP contribution in [0.25, 0.3) is 0 Å². The highest BCUT2D eigenvalue weighted by Crippen LogP contribution is 2.38. The fourth-order valence-electron chi connectivity index (χ4n) is 3.52. The van der Waals surface area contributed by atoms with Gasteiger partial charge >= 0.3 is 0 Å². The number of nitrogens with zero attached hydrogens (tertiary/aromatic N) is 1. The molecular formula is C21H27NO3. The minimum atomic E-state index is 0.504. The molecule has 1 aliphatic carbocycles. The number of hydrogen-bond donors (Lipinski definition) is 0. The quantitative estimate of drug-likeness (QED) is 0.665. The Labute approximate surface area is 150 Å². The maximum Gasteiger partial charge on any atom is 0.213 e. The van der Waals surface area contributed by atoms with Crippen molar-refractivity contribution in [2.45, 2.75) is 31.6 Å². The summed E-state index contributed by atoms with van der Waals surface area (Å²) >= 11 is 0. The van der Waals surface area contributed by atoms with Crippen LogP contribution in [-0.2, 0) is 4.74 Å². The molecule has 0 saturated heterocycles. The van der Waals surface area contributed by atoms with E-state index >= 15 is 0 Å². The predicted molar refractivity (Wildman–Crippen MR) is 98.2 cm³/mol. The van der Waals surface area contributed by atoms with Crippen molar-refractivity contribution in [3.8, 4) is 11.6 Å². The maximum atomic E-state index is 6.04. The molecule has 0 bridgehead atoms. The summed E-state index contributed by atoms with van der Waals surface area (Å²) in [5.41, 5.74) is 1.44. The Balaban J connectivity index is 1.54. The van der Waals surface area contributed by atoms with Crippen molar-refractivity contribution in [1.29, 1.82) is 0 Å². The van der Waals surface area contributed by atoms with Crippen LogP contribution >= 0.6 is 0 Å². The monoisotopic (exact) mass is 341 g/mol. The van der Waals surface area contributed by atoms with Crippen molar-refractivity contribution in [2.24, 2.45) is 5.92 Å². The lowest BCUT2D eigenvalue weighted by atomic mass is 9.76. The van der Waals surface area contributed by atoms with Gasteiger partial charge in [-0.2, -0.15) is 0 Å². The van der Waals surface area contributed by atoms with Gasteiger partial charge in [0.2, 0.25) is 5.88 Å². The van der Waals surface area contributed by atoms with Crippen LogP contribution in [0.2, 0.25) is 0 Å². The van der Waals surface area contributed by atoms with E-state index in [1.54, 1.807) is 13.3 Å². The molecule has 1 aliphatic rings. The molecule has 0 amide bonds. The molecule has 1 saturated carbocycles. The number of ether oxygens (including phenoxy) is 3. The van der Waals surface area contributed by atoms with E-state index in [1.807, 2.05) is 12.1 Å². The molecular weight excluding hydrogens is 314 g/mol. The molecule has 1 aromatic heterocycles. The first kappa shape index (κ1) is 17.7. The number of benzene rings is 1. The van der Waals surface area contributed by atoms with Gasteiger partial charge in [-0.1, -0.05) is 43.2 Å². The zero-order chi connectivity index (χ0) is 17.3. The van der Waals surface area contributed by atoms with Gasteiger partial charge in [-0.3, -0.25) is 0 Å². The standard InChI is InChI=1S/C21H27NO3/c1-23-13-14-24-21-12-11-19(15-22-21)25-16-18-9-5-6-10-20(18)17-7-3-2-4-8-17/h2-4,7-8,11-12,15,18,20H,5-6,9-10,13-14,16H2,1H3. The summed E-state index contributed by atoms with van der Waals surface area (Å²) in [5.74, 6) is 2.56. The third kappa shape index (κ3) is 5.20. The van der Waals surface area contributed by atoms with Gasteiger partial charge in [0.1, 0.15) is 12.4 Å². The molecule has 4 heteroatoms. The van der Waals surface area contributed by atoms with Gasteiger partial charge in [0.25, 0.3) is 0 Å². The molecule has 1 aromatic carbocycles. The summed E-state index contributed by atoms with van der Waals surface area (Å²) in [6.07, 6.45) is 6.82. The van der Waals surface area contributed by atoms with Crippen molar-refractivity contribution in [3.63, 3.8) is 0 Å². The number of aromatic nitrogens is 1. The summed E-state index contributed by atoms with van der Waals surface area (Å²) in [5, 5.41) is 0. The largest absolute Gasteiger partial charge is 0.492 e. The van der Waals surface area contributed by atoms with Gasteiger partial charge in [-0.25, -0.2) is 4.98 Å². The number of hydrogen-bond acceptors (Lipinski definition) is 4. The minimum Gasteiger partial charge on any atom is -0.492 e. The molecule has 0 aliphatic heterocycles. The molecule has 0 N–H and O–H groups in total. The van der Waals surface area contributed by atoms with E-state index in [2.05, 4.69) is 35.3 Å². The summed E-state index contributed by atoms with van der Waals surface area (Å²) < 4.78 is 16.5. The fourth-order valence-corrected chi connectivity index (χ4v) is 3.52. The molecule has 0 radical (unpaired) electrons. The molecule has 2 aromatic rings. The van der Waals surface area contributed by atoms with Crippen molar-refractivity contribution < 1.29 is 14.2 Å². The number of pyridine rings is 1. The molecule has 1 heterocycles. The highest BCUT2D eigenvalue weighted by Gasteiger charge is 2.26. The highest BCUT2D eigenvalue weighted by atomic mass is 16.5. The normalized spacial score (nSPS) is 20.2. The molecule has 2 unspecified atom stereocenters. The van der Waals surface area contributed by atoms with Crippen LogP contribution in [0.15, 0.2) is 48.7 Å². The van der Waals surface area contributed by atoms with Gasteiger partial charge in [-0.15, -0.1) is 0 Å². The summed E-state index contributed by atoms with van der Waals surface area (Å²) in [6.45, 7) is 1.80. The first-order chi connectivity index (χ1) is 12.4. The zero-order valence-corrected chi connectivity index (χ0v) is 14.9. The molecule has 2 atom stereocenters. The molecule has 25 heavy (non-hydrogen) atoms. The average molecular weight is 341 g/mol. The fraction of sp³-hybridized carbons (Fsp3) is 0.476. The van der Waals surface area contributed by atoms with Gasteiger partial charge < -0.3 is 14.2 Å². The molecule has 0 spiro atoms. The molecule has 1 fully saturated rings. The third-order valence-corrected chi connectivity index (χ3v) is 4.85. The molecule has 134 valence electrons. The van der Waals surface area contributed by atoms with E-state index in [0.717, 1.165) is 12.4 Å². The second kappa shape index (κ2) is 9.42. The minimum absolute atomic E-state index is 0.504. The van der Waals surface area contributed by atoms with Gasteiger partial charge in [0.15, 0.2) is 0 Å². The number of methoxy groups -OCH3 is 1. The smallest absolute Gasteiger partial charge is 0.213 e. The lowest BCUT2D eigenvalue weighted by Gasteiger charge is -2.31. The lowest BCUT2D eigenvalue weighted by Crippen LogP contribution is -2.24. The van der Waals surface area contributed by atoms with Gasteiger partial charge in [-0.05, 0) is 36.3 Å². The Morgan fingerprint density at radius 3 is 2.56 bits per heavy atom. The van der Waals surface area contributed by atoms with Crippen LogP contribution in [-0.4, -0.2) is 31.9 Å². The lowest BCUT2D eigenvalue weighted by molar-refractivity contribution is 0.143. The van der Waals surface area contributed by atoms with Crippen LogP contribution < -0.4 is 9.47 Å². The Morgan fingerprint density at radius 2 is 1.80 bits per heavy atom. The van der Waals surface area contributed by atoms with E-state index in [-0.39, 0.29) is 0 Å². The Kier molecular flexibility index (Phi) is 6.69. The van der Waals surface area contributed by atoms with Crippen molar-refractivity contribution in [2.75, 3.05) is 26.9 Å². The van der Waals surface area contributed by atoms with Gasteiger partial charge in [0.05, 0.1) is 19.4 Å². The number of rotatable bonds is 8. The summed E-state index contributed by atoms with van der Waals surface area (Å²) in [4.78, 5) is 4.29. The van der Waals surface area contributed by atoms with Crippen molar-refractivity contribution >= 4 is 0 Å². The maximum absolute atomic E-state index is 6.04. The first-order valence-corrected chi connectivity index (χ1v) is 9.12. The van der Waals surface area contributed by atoms with E-state index in [1.165, 1.54) is 31.2 Å². The average Bonchev–Trinajstić information content (AvgIpc) is 2.68. The molecule has 3 rings (SSSR count). The van der Waals surface area contributed by atoms with Crippen LogP contribution in [0.5, 0.6) is 11.6 Å². The Hall–Kier alpha value is -2.07. The van der Waals surface area contributed by atoms with E-state index < -0.39 is 0 Å². The second-order valence-corrected chi connectivity index (χ2v) is 6.55. The zero-order valence-electron chi connectivity index (χ0n) is 14.9. The molecule has 4 nitrogen and oxygen atoms in total. The van der Waals surface area contributed by atoms with Crippen molar-refractivity contribution in [1.82, 2.24) is 4.98 Å². The topological polar surface area (TPSA) is 40.6 Å². The van der Waals surface area contributed by atoms with Crippen LogP contribution in [0.1, 0.15) is 37.2 Å². The van der Waals surface area contributed by atoms with E-state index in [9.17, 15) is 0 Å². The van der Waals surface area contributed by atoms with Crippen LogP contribution in [0.4, 0.5) is 0 Å². The Bertz CT molecular complexity index is 615. The van der Waals surface area contributed by atoms with Crippen LogP contribution in [0, 0.1) is 5.92 Å². The predicted octanol–water partition coefficient (Wildman–Crippen LogP) is 4.46. The van der Waals surface area contributed by atoms with Gasteiger partial charge in [0, 0.05) is 13.2 Å². The Morgan fingerprint density at radius 1 is 0.960 bits per heavy atom. The van der Waals surface area contributed by atoms with E-state index in [0.29, 0.717) is 30.9 Å². The first-order valence-electron chi connectivity index (χ1n) is 9.12. The van der Waals surface area contributed by atoms with E-state index in [4.69, 9.17) is 14.2 Å². The SMILES string of the molecule is COCCOc1ccc(OCC2CCCCC2c2ccccc2)cn1.